The summed E-state index contributed by atoms with van der Waals surface area (Å²) in [7, 11) is 0. The Bertz CT molecular complexity index is 517. The van der Waals surface area contributed by atoms with E-state index in [0.717, 1.165) is 16.3 Å². The normalized spacial score (nSPS) is 11.7. The monoisotopic (exact) mass is 315 g/mol. The van der Waals surface area contributed by atoms with Gasteiger partial charge in [0, 0.05) is 17.5 Å². The molecular formula is C12H17N3O5S. The van der Waals surface area contributed by atoms with Crippen LogP contribution in [-0.2, 0) is 22.6 Å². The molecule has 1 heterocycles. The van der Waals surface area contributed by atoms with E-state index in [-0.39, 0.29) is 19.4 Å². The van der Waals surface area contributed by atoms with Crippen LogP contribution in [0.4, 0.5) is 4.79 Å². The highest BCUT2D eigenvalue weighted by Crippen LogP contribution is 2.12. The van der Waals surface area contributed by atoms with Gasteiger partial charge in [-0.25, -0.2) is 14.6 Å². The molecule has 8 nitrogen and oxygen atoms in total. The van der Waals surface area contributed by atoms with Crippen LogP contribution in [0, 0.1) is 0 Å². The van der Waals surface area contributed by atoms with Crippen molar-refractivity contribution >= 4 is 29.3 Å². The van der Waals surface area contributed by atoms with Crippen LogP contribution in [0.1, 0.15) is 29.7 Å². The molecule has 0 bridgehead atoms. The number of nitrogens with zero attached hydrogens (tertiary/aromatic N) is 1. The van der Waals surface area contributed by atoms with Gasteiger partial charge >= 0.3 is 18.0 Å². The fraction of sp³-hybridized carbons (Fsp3) is 0.500. The van der Waals surface area contributed by atoms with Crippen molar-refractivity contribution in [3.05, 3.63) is 16.1 Å². The standard InChI is InChI=1S/C12H17N3O5S/c1-2-7-5-13-9(21-7)6-14-12(20)15-8(11(18)19)3-4-10(16)17/h5,8H,2-4,6H2,1H3,(H,16,17)(H,18,19)(H2,14,15,20)/t8-/m0/s1. The lowest BCUT2D eigenvalue weighted by Crippen LogP contribution is -2.45. The van der Waals surface area contributed by atoms with Crippen molar-refractivity contribution in [2.75, 3.05) is 0 Å². The first kappa shape index (κ1) is 16.9. The molecule has 1 atom stereocenters. The molecule has 21 heavy (non-hydrogen) atoms. The van der Waals surface area contributed by atoms with Crippen molar-refractivity contribution in [2.24, 2.45) is 0 Å². The van der Waals surface area contributed by atoms with E-state index >= 15 is 0 Å². The first-order chi connectivity index (χ1) is 9.92. The lowest BCUT2D eigenvalue weighted by Gasteiger charge is -2.13. The minimum Gasteiger partial charge on any atom is -0.481 e. The Morgan fingerprint density at radius 2 is 2.10 bits per heavy atom. The number of hydrogen-bond acceptors (Lipinski definition) is 5. The Morgan fingerprint density at radius 3 is 2.62 bits per heavy atom. The summed E-state index contributed by atoms with van der Waals surface area (Å²) in [4.78, 5) is 38.1. The molecule has 0 saturated carbocycles. The summed E-state index contributed by atoms with van der Waals surface area (Å²) < 4.78 is 0. The maximum absolute atomic E-state index is 11.6. The van der Waals surface area contributed by atoms with Crippen LogP contribution in [0.15, 0.2) is 6.20 Å². The van der Waals surface area contributed by atoms with E-state index in [1.165, 1.54) is 11.3 Å². The number of aryl methyl sites for hydroxylation is 1. The van der Waals surface area contributed by atoms with E-state index in [4.69, 9.17) is 10.2 Å². The van der Waals surface area contributed by atoms with Gasteiger partial charge in [-0.2, -0.15) is 0 Å². The molecule has 1 aromatic heterocycles. The molecule has 9 heteroatoms. The van der Waals surface area contributed by atoms with Crippen LogP contribution in [0.3, 0.4) is 0 Å². The smallest absolute Gasteiger partial charge is 0.326 e. The first-order valence-corrected chi connectivity index (χ1v) is 7.16. The highest BCUT2D eigenvalue weighted by molar-refractivity contribution is 7.11. The van der Waals surface area contributed by atoms with Gasteiger partial charge in [-0.1, -0.05) is 6.92 Å². The predicted molar refractivity (Wildman–Crippen MR) is 75.2 cm³/mol. The molecule has 2 amide bonds. The number of thiazole rings is 1. The number of carbonyl (C=O) groups excluding carboxylic acids is 1. The van der Waals surface area contributed by atoms with E-state index < -0.39 is 24.0 Å². The molecule has 0 spiro atoms. The summed E-state index contributed by atoms with van der Waals surface area (Å²) in [5, 5.41) is 22.9. The highest BCUT2D eigenvalue weighted by Gasteiger charge is 2.20. The molecule has 4 N–H and O–H groups in total. The fourth-order valence-electron chi connectivity index (χ4n) is 1.48. The molecule has 1 aromatic rings. The zero-order valence-corrected chi connectivity index (χ0v) is 12.3. The Hall–Kier alpha value is -2.16. The van der Waals surface area contributed by atoms with Gasteiger partial charge in [-0.15, -0.1) is 11.3 Å². The molecule has 0 aliphatic heterocycles. The minimum atomic E-state index is -1.27. The summed E-state index contributed by atoms with van der Waals surface area (Å²) in [5.74, 6) is -2.38. The van der Waals surface area contributed by atoms with Crippen molar-refractivity contribution < 1.29 is 24.6 Å². The zero-order valence-electron chi connectivity index (χ0n) is 11.5. The van der Waals surface area contributed by atoms with Crippen LogP contribution in [0.2, 0.25) is 0 Å². The van der Waals surface area contributed by atoms with Gasteiger partial charge < -0.3 is 20.8 Å². The lowest BCUT2D eigenvalue weighted by atomic mass is 10.1. The van der Waals surface area contributed by atoms with Gasteiger partial charge in [0.25, 0.3) is 0 Å². The van der Waals surface area contributed by atoms with Crippen molar-refractivity contribution in [1.82, 2.24) is 15.6 Å². The third-order valence-electron chi connectivity index (χ3n) is 2.60. The zero-order chi connectivity index (χ0) is 15.8. The number of rotatable bonds is 8. The summed E-state index contributed by atoms with van der Waals surface area (Å²) >= 11 is 1.47. The quantitative estimate of drug-likeness (QED) is 0.562. The number of urea groups is 1. The topological polar surface area (TPSA) is 129 Å². The number of amides is 2. The van der Waals surface area contributed by atoms with E-state index in [1.807, 2.05) is 6.92 Å². The van der Waals surface area contributed by atoms with E-state index in [1.54, 1.807) is 6.20 Å². The second-order valence-corrected chi connectivity index (χ2v) is 5.42. The molecule has 0 saturated heterocycles. The second-order valence-electron chi connectivity index (χ2n) is 4.22. The largest absolute Gasteiger partial charge is 0.481 e. The van der Waals surface area contributed by atoms with Gasteiger partial charge in [-0.3, -0.25) is 4.79 Å². The van der Waals surface area contributed by atoms with E-state index in [0.29, 0.717) is 0 Å². The molecule has 116 valence electrons. The number of carboxylic acids is 2. The molecule has 0 aliphatic carbocycles. The van der Waals surface area contributed by atoms with Crippen LogP contribution < -0.4 is 10.6 Å². The van der Waals surface area contributed by atoms with Crippen LogP contribution in [-0.4, -0.2) is 39.2 Å². The Balaban J connectivity index is 2.42. The first-order valence-electron chi connectivity index (χ1n) is 6.35. The third kappa shape index (κ3) is 6.21. The van der Waals surface area contributed by atoms with E-state index in [9.17, 15) is 14.4 Å². The van der Waals surface area contributed by atoms with Crippen LogP contribution in [0.25, 0.3) is 0 Å². The Morgan fingerprint density at radius 1 is 1.38 bits per heavy atom. The number of carbonyl (C=O) groups is 3. The lowest BCUT2D eigenvalue weighted by molar-refractivity contribution is -0.140. The van der Waals surface area contributed by atoms with Crippen molar-refractivity contribution in [3.8, 4) is 0 Å². The van der Waals surface area contributed by atoms with Crippen molar-refractivity contribution in [3.63, 3.8) is 0 Å². The summed E-state index contributed by atoms with van der Waals surface area (Å²) in [6.07, 6.45) is 2.09. The predicted octanol–water partition coefficient (Wildman–Crippen LogP) is 0.823. The number of aliphatic carboxylic acids is 2. The molecule has 1 rings (SSSR count). The Kier molecular flexibility index (Phi) is 6.60. The van der Waals surface area contributed by atoms with Gasteiger partial charge in [0.05, 0.1) is 6.54 Å². The SMILES string of the molecule is CCc1cnc(CNC(=O)N[C@@H](CCC(=O)O)C(=O)O)s1. The van der Waals surface area contributed by atoms with Gasteiger partial charge in [-0.05, 0) is 12.8 Å². The van der Waals surface area contributed by atoms with Gasteiger partial charge in [0.15, 0.2) is 0 Å². The average Bonchev–Trinajstić information content (AvgIpc) is 2.88. The van der Waals surface area contributed by atoms with Gasteiger partial charge in [0.2, 0.25) is 0 Å². The molecule has 0 radical (unpaired) electrons. The van der Waals surface area contributed by atoms with Crippen LogP contribution >= 0.6 is 11.3 Å². The maximum atomic E-state index is 11.6. The van der Waals surface area contributed by atoms with Crippen molar-refractivity contribution in [1.29, 1.82) is 0 Å². The number of aromatic nitrogens is 1. The average molecular weight is 315 g/mol. The number of hydrogen-bond donors (Lipinski definition) is 4. The Labute approximate surface area is 125 Å². The number of carboxylic acid groups (broad SMARTS) is 2. The highest BCUT2D eigenvalue weighted by atomic mass is 32.1. The third-order valence-corrected chi connectivity index (χ3v) is 3.74. The summed E-state index contributed by atoms with van der Waals surface area (Å²) in [5.41, 5.74) is 0. The number of nitrogens with one attached hydrogen (secondary N) is 2. The molecule has 0 fully saturated rings. The molecular weight excluding hydrogens is 298 g/mol. The maximum Gasteiger partial charge on any atom is 0.326 e. The molecule has 0 aliphatic rings. The fourth-order valence-corrected chi connectivity index (χ4v) is 2.29. The second kappa shape index (κ2) is 8.20. The molecule has 0 aromatic carbocycles. The summed E-state index contributed by atoms with van der Waals surface area (Å²) in [6.45, 7) is 2.19. The summed E-state index contributed by atoms with van der Waals surface area (Å²) in [6, 6.07) is -1.90. The van der Waals surface area contributed by atoms with Crippen molar-refractivity contribution in [2.45, 2.75) is 38.8 Å². The minimum absolute atomic E-state index is 0.171. The molecule has 0 unspecified atom stereocenters. The van der Waals surface area contributed by atoms with Crippen LogP contribution in [0.5, 0.6) is 0 Å². The van der Waals surface area contributed by atoms with Gasteiger partial charge in [0.1, 0.15) is 11.0 Å². The van der Waals surface area contributed by atoms with E-state index in [2.05, 4.69) is 15.6 Å².